The lowest BCUT2D eigenvalue weighted by atomic mass is 9.90. The van der Waals surface area contributed by atoms with Gasteiger partial charge in [0.25, 0.3) is 0 Å². The average Bonchev–Trinajstić information content (AvgIpc) is 2.58. The number of hydrogen-bond donors (Lipinski definition) is 0. The van der Waals surface area contributed by atoms with Gasteiger partial charge < -0.3 is 9.47 Å². The van der Waals surface area contributed by atoms with Gasteiger partial charge in [-0.15, -0.1) is 0 Å². The zero-order valence-electron chi connectivity index (χ0n) is 14.8. The maximum absolute atomic E-state index is 12.1. The molecule has 0 spiro atoms. The van der Waals surface area contributed by atoms with Crippen molar-refractivity contribution in [1.82, 2.24) is 0 Å². The highest BCUT2D eigenvalue weighted by Gasteiger charge is 2.25. The molecule has 0 aliphatic heterocycles. The zero-order valence-corrected chi connectivity index (χ0v) is 14.8. The van der Waals surface area contributed by atoms with Crippen molar-refractivity contribution in [3.63, 3.8) is 0 Å². The lowest BCUT2D eigenvalue weighted by Crippen LogP contribution is -2.22. The van der Waals surface area contributed by atoms with E-state index in [4.69, 9.17) is 9.47 Å². The lowest BCUT2D eigenvalue weighted by molar-refractivity contribution is -0.147. The molecule has 1 rings (SSSR count). The molecule has 0 saturated carbocycles. The zero-order chi connectivity index (χ0) is 16.9. The second-order valence-corrected chi connectivity index (χ2v) is 6.26. The van der Waals surface area contributed by atoms with E-state index in [1.54, 1.807) is 6.08 Å². The van der Waals surface area contributed by atoms with Gasteiger partial charge in [-0.05, 0) is 32.1 Å². The highest BCUT2D eigenvalue weighted by atomic mass is 16.5. The lowest BCUT2D eigenvalue weighted by Gasteiger charge is -2.19. The summed E-state index contributed by atoms with van der Waals surface area (Å²) >= 11 is 0. The Morgan fingerprint density at radius 3 is 2.39 bits per heavy atom. The van der Waals surface area contributed by atoms with Gasteiger partial charge in [-0.3, -0.25) is 4.79 Å². The Morgan fingerprint density at radius 2 is 1.65 bits per heavy atom. The van der Waals surface area contributed by atoms with Crippen LogP contribution in [0.4, 0.5) is 0 Å². The summed E-state index contributed by atoms with van der Waals surface area (Å²) in [6, 6.07) is 0. The largest absolute Gasteiger partial charge is 0.465 e. The normalized spacial score (nSPS) is 17.5. The number of carbonyl (C=O) groups excluding carboxylic acids is 2. The van der Waals surface area contributed by atoms with Crippen molar-refractivity contribution in [2.45, 2.75) is 78.1 Å². The molecule has 0 aromatic carbocycles. The minimum Gasteiger partial charge on any atom is -0.465 e. The molecule has 0 aromatic rings. The van der Waals surface area contributed by atoms with Crippen LogP contribution in [0.25, 0.3) is 0 Å². The molecule has 4 nitrogen and oxygen atoms in total. The first-order valence-corrected chi connectivity index (χ1v) is 9.23. The van der Waals surface area contributed by atoms with Crippen LogP contribution in [0.3, 0.4) is 0 Å². The van der Waals surface area contributed by atoms with Gasteiger partial charge in [-0.25, -0.2) is 4.79 Å². The van der Waals surface area contributed by atoms with E-state index >= 15 is 0 Å². The molecular weight excluding hydrogens is 292 g/mol. The van der Waals surface area contributed by atoms with Gasteiger partial charge >= 0.3 is 11.9 Å². The summed E-state index contributed by atoms with van der Waals surface area (Å²) in [6.07, 6.45) is 11.5. The number of ether oxygens (including phenoxy) is 2. The fraction of sp³-hybridized carbons (Fsp3) is 0.789. The predicted octanol–water partition coefficient (Wildman–Crippen LogP) is 4.57. The molecule has 1 atom stereocenters. The molecule has 0 heterocycles. The van der Waals surface area contributed by atoms with Gasteiger partial charge in [0.15, 0.2) is 0 Å². The SMILES string of the molecule is CCCCCCOC(=O)C1=CC(C(=O)OCCCCC)CCC1. The molecule has 0 bridgehead atoms. The van der Waals surface area contributed by atoms with E-state index in [9.17, 15) is 9.59 Å². The van der Waals surface area contributed by atoms with Gasteiger partial charge in [0.05, 0.1) is 19.1 Å². The van der Waals surface area contributed by atoms with E-state index in [0.717, 1.165) is 44.9 Å². The molecular formula is C19H32O4. The van der Waals surface area contributed by atoms with Crippen LogP contribution < -0.4 is 0 Å². The number of hydrogen-bond acceptors (Lipinski definition) is 4. The Labute approximate surface area is 140 Å². The molecule has 4 heteroatoms. The van der Waals surface area contributed by atoms with Crippen LogP contribution in [0, 0.1) is 5.92 Å². The van der Waals surface area contributed by atoms with E-state index < -0.39 is 0 Å². The van der Waals surface area contributed by atoms with Gasteiger partial charge in [0.1, 0.15) is 0 Å². The Bertz CT molecular complexity index is 387. The van der Waals surface area contributed by atoms with Crippen molar-refractivity contribution in [2.24, 2.45) is 5.92 Å². The third kappa shape index (κ3) is 8.19. The van der Waals surface area contributed by atoms with E-state index in [1.807, 2.05) is 0 Å². The fourth-order valence-corrected chi connectivity index (χ4v) is 2.70. The summed E-state index contributed by atoms with van der Waals surface area (Å²) < 4.78 is 10.6. The molecule has 1 aliphatic carbocycles. The van der Waals surface area contributed by atoms with Gasteiger partial charge in [-0.1, -0.05) is 52.0 Å². The van der Waals surface area contributed by atoms with Crippen LogP contribution in [-0.4, -0.2) is 25.2 Å². The van der Waals surface area contributed by atoms with Crippen LogP contribution in [0.5, 0.6) is 0 Å². The first kappa shape index (κ1) is 19.7. The summed E-state index contributed by atoms with van der Waals surface area (Å²) in [5, 5.41) is 0. The second-order valence-electron chi connectivity index (χ2n) is 6.26. The third-order valence-corrected chi connectivity index (χ3v) is 4.15. The molecule has 0 amide bonds. The maximum atomic E-state index is 12.1. The first-order valence-electron chi connectivity index (χ1n) is 9.23. The predicted molar refractivity (Wildman–Crippen MR) is 91.0 cm³/mol. The number of rotatable bonds is 11. The van der Waals surface area contributed by atoms with Crippen molar-refractivity contribution in [3.8, 4) is 0 Å². The van der Waals surface area contributed by atoms with E-state index in [0.29, 0.717) is 25.2 Å². The smallest absolute Gasteiger partial charge is 0.333 e. The summed E-state index contributed by atoms with van der Waals surface area (Å²) in [6.45, 7) is 5.22. The Kier molecular flexibility index (Phi) is 10.4. The molecule has 132 valence electrons. The summed E-state index contributed by atoms with van der Waals surface area (Å²) in [4.78, 5) is 24.1. The Morgan fingerprint density at radius 1 is 1.00 bits per heavy atom. The molecule has 1 unspecified atom stereocenters. The highest BCUT2D eigenvalue weighted by Crippen LogP contribution is 2.25. The van der Waals surface area contributed by atoms with Crippen molar-refractivity contribution >= 4 is 11.9 Å². The third-order valence-electron chi connectivity index (χ3n) is 4.15. The van der Waals surface area contributed by atoms with Crippen LogP contribution in [0.15, 0.2) is 11.6 Å². The average molecular weight is 324 g/mol. The van der Waals surface area contributed by atoms with Crippen LogP contribution >= 0.6 is 0 Å². The molecule has 0 aromatic heterocycles. The fourth-order valence-electron chi connectivity index (χ4n) is 2.70. The molecule has 0 saturated heterocycles. The quantitative estimate of drug-likeness (QED) is 0.413. The van der Waals surface area contributed by atoms with Gasteiger partial charge in [0, 0.05) is 5.57 Å². The monoisotopic (exact) mass is 324 g/mol. The molecule has 1 aliphatic rings. The van der Waals surface area contributed by atoms with Gasteiger partial charge in [0.2, 0.25) is 0 Å². The topological polar surface area (TPSA) is 52.6 Å². The minimum atomic E-state index is -0.284. The summed E-state index contributed by atoms with van der Waals surface area (Å²) in [7, 11) is 0. The van der Waals surface area contributed by atoms with Crippen molar-refractivity contribution in [3.05, 3.63) is 11.6 Å². The maximum Gasteiger partial charge on any atom is 0.333 e. The van der Waals surface area contributed by atoms with E-state index in [2.05, 4.69) is 13.8 Å². The minimum absolute atomic E-state index is 0.200. The van der Waals surface area contributed by atoms with E-state index in [1.165, 1.54) is 12.8 Å². The van der Waals surface area contributed by atoms with Crippen molar-refractivity contribution in [2.75, 3.05) is 13.2 Å². The standard InChI is InChI=1S/C19H32O4/c1-3-5-7-9-14-23-19(21)17-12-10-11-16(15-17)18(20)22-13-8-6-4-2/h15-16H,3-14H2,1-2H3. The number of carbonyl (C=O) groups is 2. The van der Waals surface area contributed by atoms with Crippen molar-refractivity contribution < 1.29 is 19.1 Å². The number of esters is 2. The summed E-state index contributed by atoms with van der Waals surface area (Å²) in [5.74, 6) is -0.743. The number of unbranched alkanes of at least 4 members (excludes halogenated alkanes) is 5. The Balaban J connectivity index is 2.35. The van der Waals surface area contributed by atoms with Crippen LogP contribution in [-0.2, 0) is 19.1 Å². The molecule has 0 N–H and O–H groups in total. The molecule has 23 heavy (non-hydrogen) atoms. The van der Waals surface area contributed by atoms with Crippen molar-refractivity contribution in [1.29, 1.82) is 0 Å². The van der Waals surface area contributed by atoms with Crippen LogP contribution in [0.1, 0.15) is 78.1 Å². The first-order chi connectivity index (χ1) is 11.2. The van der Waals surface area contributed by atoms with Crippen LogP contribution in [0.2, 0.25) is 0 Å². The molecule has 0 fully saturated rings. The highest BCUT2D eigenvalue weighted by molar-refractivity contribution is 5.90. The second kappa shape index (κ2) is 12.1. The molecule has 0 radical (unpaired) electrons. The Hall–Kier alpha value is -1.32. The summed E-state index contributed by atoms with van der Waals surface area (Å²) in [5.41, 5.74) is 0.641. The van der Waals surface area contributed by atoms with Gasteiger partial charge in [-0.2, -0.15) is 0 Å². The van der Waals surface area contributed by atoms with E-state index in [-0.39, 0.29) is 17.9 Å².